The van der Waals surface area contributed by atoms with Crippen LogP contribution in [0.4, 0.5) is 0 Å². The summed E-state index contributed by atoms with van der Waals surface area (Å²) in [6.07, 6.45) is 7.40. The Labute approximate surface area is 111 Å². The minimum absolute atomic E-state index is 0.0439. The van der Waals surface area contributed by atoms with E-state index in [0.29, 0.717) is 19.5 Å². The Balaban J connectivity index is 2.12. The van der Waals surface area contributed by atoms with Crippen LogP contribution in [0.1, 0.15) is 51.9 Å². The molecule has 4 nitrogen and oxygen atoms in total. The molecule has 1 rings (SSSR count). The molecule has 1 aliphatic rings. The molecule has 0 aromatic heterocycles. The maximum absolute atomic E-state index is 12.0. The van der Waals surface area contributed by atoms with Crippen molar-refractivity contribution in [3.63, 3.8) is 0 Å². The second-order valence-corrected chi connectivity index (χ2v) is 5.32. The number of aliphatic hydroxyl groups excluding tert-OH is 1. The number of carbonyl (C=O) groups is 1. The third-order valence-electron chi connectivity index (χ3n) is 3.79. The molecule has 4 heteroatoms. The van der Waals surface area contributed by atoms with E-state index in [0.717, 1.165) is 12.8 Å². The largest absolute Gasteiger partial charge is 0.390 e. The SMILES string of the molecule is CCCCCCCCC(=O)N(C)[C@H]1CNC[C@@H]1O. The summed E-state index contributed by atoms with van der Waals surface area (Å²) in [4.78, 5) is 13.7. The Kier molecular flexibility index (Phi) is 7.28. The number of hydrogen-bond acceptors (Lipinski definition) is 3. The van der Waals surface area contributed by atoms with E-state index in [2.05, 4.69) is 12.2 Å². The van der Waals surface area contributed by atoms with Crippen molar-refractivity contribution in [2.45, 2.75) is 64.0 Å². The average Bonchev–Trinajstić information content (AvgIpc) is 2.78. The molecule has 0 saturated carbocycles. The van der Waals surface area contributed by atoms with Gasteiger partial charge in [0.25, 0.3) is 0 Å². The summed E-state index contributed by atoms with van der Waals surface area (Å²) >= 11 is 0. The highest BCUT2D eigenvalue weighted by atomic mass is 16.3. The molecule has 0 radical (unpaired) electrons. The molecule has 0 unspecified atom stereocenters. The topological polar surface area (TPSA) is 52.6 Å². The van der Waals surface area contributed by atoms with E-state index in [1.54, 1.807) is 11.9 Å². The van der Waals surface area contributed by atoms with Crippen molar-refractivity contribution in [2.75, 3.05) is 20.1 Å². The quantitative estimate of drug-likeness (QED) is 0.648. The van der Waals surface area contributed by atoms with Crippen molar-refractivity contribution in [1.29, 1.82) is 0 Å². The van der Waals surface area contributed by atoms with Crippen molar-refractivity contribution in [3.05, 3.63) is 0 Å². The third-order valence-corrected chi connectivity index (χ3v) is 3.79. The minimum atomic E-state index is -0.413. The zero-order chi connectivity index (χ0) is 13.4. The molecule has 1 heterocycles. The number of rotatable bonds is 8. The van der Waals surface area contributed by atoms with Crippen LogP contribution < -0.4 is 5.32 Å². The van der Waals surface area contributed by atoms with E-state index in [1.165, 1.54) is 25.7 Å². The maximum atomic E-state index is 12.0. The molecule has 0 spiro atoms. The van der Waals surface area contributed by atoms with E-state index in [9.17, 15) is 9.90 Å². The molecular weight excluding hydrogens is 228 g/mol. The number of aliphatic hydroxyl groups is 1. The molecule has 2 atom stereocenters. The van der Waals surface area contributed by atoms with Crippen LogP contribution in [0.5, 0.6) is 0 Å². The van der Waals surface area contributed by atoms with Crippen LogP contribution in [0.3, 0.4) is 0 Å². The van der Waals surface area contributed by atoms with Crippen LogP contribution in [-0.4, -0.2) is 48.2 Å². The third kappa shape index (κ3) is 4.94. The van der Waals surface area contributed by atoms with Gasteiger partial charge in [-0.1, -0.05) is 39.0 Å². The summed E-state index contributed by atoms with van der Waals surface area (Å²) in [6.45, 7) is 3.51. The predicted molar refractivity (Wildman–Crippen MR) is 73.4 cm³/mol. The number of nitrogens with zero attached hydrogens (tertiary/aromatic N) is 1. The first-order valence-corrected chi connectivity index (χ1v) is 7.31. The first-order valence-electron chi connectivity index (χ1n) is 7.31. The molecule has 2 N–H and O–H groups in total. The van der Waals surface area contributed by atoms with Gasteiger partial charge < -0.3 is 15.3 Å². The molecule has 18 heavy (non-hydrogen) atoms. The number of unbranched alkanes of at least 4 members (excludes halogenated alkanes) is 5. The number of carbonyl (C=O) groups excluding carboxylic acids is 1. The van der Waals surface area contributed by atoms with Gasteiger partial charge in [-0.2, -0.15) is 0 Å². The lowest BCUT2D eigenvalue weighted by Gasteiger charge is -2.26. The van der Waals surface area contributed by atoms with Crippen molar-refractivity contribution < 1.29 is 9.90 Å². The fraction of sp³-hybridized carbons (Fsp3) is 0.929. The first kappa shape index (κ1) is 15.4. The molecule has 1 saturated heterocycles. The lowest BCUT2D eigenvalue weighted by molar-refractivity contribution is -0.133. The van der Waals surface area contributed by atoms with Crippen LogP contribution >= 0.6 is 0 Å². The van der Waals surface area contributed by atoms with Crippen LogP contribution in [-0.2, 0) is 4.79 Å². The number of hydrogen-bond donors (Lipinski definition) is 2. The monoisotopic (exact) mass is 256 g/mol. The lowest BCUT2D eigenvalue weighted by atomic mass is 10.1. The Morgan fingerprint density at radius 1 is 1.22 bits per heavy atom. The number of β-amino-alcohol motifs (C(OH)–C–C–N with tert-alkyl or cyclic N) is 1. The second-order valence-electron chi connectivity index (χ2n) is 5.32. The Morgan fingerprint density at radius 2 is 1.89 bits per heavy atom. The Bertz CT molecular complexity index is 246. The number of amides is 1. The van der Waals surface area contributed by atoms with E-state index >= 15 is 0 Å². The molecule has 1 aliphatic heterocycles. The van der Waals surface area contributed by atoms with Gasteiger partial charge in [0.1, 0.15) is 0 Å². The van der Waals surface area contributed by atoms with Crippen molar-refractivity contribution >= 4 is 5.91 Å². The minimum Gasteiger partial charge on any atom is -0.390 e. The van der Waals surface area contributed by atoms with E-state index in [-0.39, 0.29) is 11.9 Å². The summed E-state index contributed by atoms with van der Waals surface area (Å²) in [5.74, 6) is 0.165. The zero-order valence-electron chi connectivity index (χ0n) is 11.8. The van der Waals surface area contributed by atoms with E-state index in [1.807, 2.05) is 0 Å². The summed E-state index contributed by atoms with van der Waals surface area (Å²) in [6, 6.07) is -0.0439. The summed E-state index contributed by atoms with van der Waals surface area (Å²) < 4.78 is 0. The molecule has 0 aromatic carbocycles. The van der Waals surface area contributed by atoms with Gasteiger partial charge in [0.2, 0.25) is 5.91 Å². The highest BCUT2D eigenvalue weighted by Gasteiger charge is 2.30. The summed E-state index contributed by atoms with van der Waals surface area (Å²) in [7, 11) is 1.81. The average molecular weight is 256 g/mol. The van der Waals surface area contributed by atoms with Crippen LogP contribution in [0.15, 0.2) is 0 Å². The van der Waals surface area contributed by atoms with Gasteiger partial charge in [-0.25, -0.2) is 0 Å². The van der Waals surface area contributed by atoms with Gasteiger partial charge in [-0.15, -0.1) is 0 Å². The molecule has 0 aliphatic carbocycles. The Morgan fingerprint density at radius 3 is 2.50 bits per heavy atom. The molecular formula is C14H28N2O2. The molecule has 1 amide bonds. The molecule has 0 bridgehead atoms. The van der Waals surface area contributed by atoms with E-state index in [4.69, 9.17) is 0 Å². The van der Waals surface area contributed by atoms with Crippen molar-refractivity contribution in [1.82, 2.24) is 10.2 Å². The first-order chi connectivity index (χ1) is 8.66. The normalized spacial score (nSPS) is 23.3. The Hall–Kier alpha value is -0.610. The fourth-order valence-corrected chi connectivity index (χ4v) is 2.46. The molecule has 1 fully saturated rings. The highest BCUT2D eigenvalue weighted by molar-refractivity contribution is 5.76. The highest BCUT2D eigenvalue weighted by Crippen LogP contribution is 2.12. The molecule has 0 aromatic rings. The lowest BCUT2D eigenvalue weighted by Crippen LogP contribution is -2.44. The van der Waals surface area contributed by atoms with Crippen molar-refractivity contribution in [2.24, 2.45) is 0 Å². The number of nitrogens with one attached hydrogen (secondary N) is 1. The maximum Gasteiger partial charge on any atom is 0.222 e. The van der Waals surface area contributed by atoms with Gasteiger partial charge in [-0.3, -0.25) is 4.79 Å². The predicted octanol–water partition coefficient (Wildman–Crippen LogP) is 1.53. The van der Waals surface area contributed by atoms with Gasteiger partial charge in [0.15, 0.2) is 0 Å². The standard InChI is InChI=1S/C14H28N2O2/c1-3-4-5-6-7-8-9-14(18)16(2)12-10-15-11-13(12)17/h12-13,15,17H,3-11H2,1-2H3/t12-,13-/m0/s1. The van der Waals surface area contributed by atoms with Crippen LogP contribution in [0.2, 0.25) is 0 Å². The summed E-state index contributed by atoms with van der Waals surface area (Å²) in [5, 5.41) is 12.8. The fourth-order valence-electron chi connectivity index (χ4n) is 2.46. The van der Waals surface area contributed by atoms with Crippen molar-refractivity contribution in [3.8, 4) is 0 Å². The molecule has 106 valence electrons. The van der Waals surface area contributed by atoms with Crippen LogP contribution in [0.25, 0.3) is 0 Å². The van der Waals surface area contributed by atoms with Crippen LogP contribution in [0, 0.1) is 0 Å². The smallest absolute Gasteiger partial charge is 0.222 e. The van der Waals surface area contributed by atoms with Gasteiger partial charge >= 0.3 is 0 Å². The second kappa shape index (κ2) is 8.48. The van der Waals surface area contributed by atoms with Gasteiger partial charge in [0.05, 0.1) is 12.1 Å². The number of likely N-dealkylation sites (N-methyl/N-ethyl adjacent to an activating group) is 1. The summed E-state index contributed by atoms with van der Waals surface area (Å²) in [5.41, 5.74) is 0. The zero-order valence-corrected chi connectivity index (χ0v) is 11.8. The van der Waals surface area contributed by atoms with Gasteiger partial charge in [-0.05, 0) is 6.42 Å². The van der Waals surface area contributed by atoms with E-state index < -0.39 is 6.10 Å². The van der Waals surface area contributed by atoms with Gasteiger partial charge in [0, 0.05) is 26.6 Å².